The van der Waals surface area contributed by atoms with E-state index in [2.05, 4.69) is 20.8 Å². The van der Waals surface area contributed by atoms with Gasteiger partial charge in [-0.3, -0.25) is 0 Å². The molecule has 1 radical (unpaired) electrons. The maximum atomic E-state index is 4.04. The summed E-state index contributed by atoms with van der Waals surface area (Å²) in [5, 5.41) is 0. The lowest BCUT2D eigenvalue weighted by molar-refractivity contribution is 0.368. The lowest BCUT2D eigenvalue weighted by Gasteiger charge is -2.17. The fraction of sp³-hybridized carbons (Fsp3) is 0.968. The van der Waals surface area contributed by atoms with Crippen molar-refractivity contribution < 1.29 is 0 Å². The molecule has 0 aliphatic rings. The van der Waals surface area contributed by atoms with Crippen LogP contribution in [0.25, 0.3) is 0 Å². The Morgan fingerprint density at radius 1 is 0.355 bits per heavy atom. The number of hydrogen-bond acceptors (Lipinski definition) is 0. The summed E-state index contributed by atoms with van der Waals surface area (Å²) < 4.78 is 0. The molecule has 0 saturated carbocycles. The maximum absolute atomic E-state index is 4.04. The number of unbranched alkanes of at least 4 members (excludes halogenated alkanes) is 21. The van der Waals surface area contributed by atoms with E-state index in [-0.39, 0.29) is 0 Å². The first-order valence-electron chi connectivity index (χ1n) is 15.1. The van der Waals surface area contributed by atoms with Gasteiger partial charge in [0.15, 0.2) is 0 Å². The van der Waals surface area contributed by atoms with E-state index in [4.69, 9.17) is 0 Å². The Balaban J connectivity index is 3.60. The quantitative estimate of drug-likeness (QED) is 0.112. The number of rotatable bonds is 27. The van der Waals surface area contributed by atoms with Crippen LogP contribution in [0.3, 0.4) is 0 Å². The van der Waals surface area contributed by atoms with Crippen LogP contribution < -0.4 is 0 Å². The standard InChI is InChI=1S/C31H63/c1-4-7-10-12-14-16-18-20-22-24-27-30-31(28-25-9-6-3)29-26-23-21-19-17-15-13-11-8-5-2/h31H,3-30H2,1-2H3. The van der Waals surface area contributed by atoms with Gasteiger partial charge in [0.1, 0.15) is 0 Å². The molecular weight excluding hydrogens is 372 g/mol. The van der Waals surface area contributed by atoms with E-state index < -0.39 is 0 Å². The fourth-order valence-electron chi connectivity index (χ4n) is 5.06. The first-order chi connectivity index (χ1) is 15.3. The van der Waals surface area contributed by atoms with Crippen molar-refractivity contribution in [2.75, 3.05) is 0 Å². The second-order valence-electron chi connectivity index (χ2n) is 10.5. The van der Waals surface area contributed by atoms with E-state index in [1.165, 1.54) is 167 Å². The molecule has 0 aliphatic carbocycles. The first kappa shape index (κ1) is 31.0. The van der Waals surface area contributed by atoms with Gasteiger partial charge in [0.2, 0.25) is 0 Å². The lowest BCUT2D eigenvalue weighted by Crippen LogP contribution is -2.01. The molecular formula is C31H63. The Morgan fingerprint density at radius 3 is 0.903 bits per heavy atom. The second kappa shape index (κ2) is 28.0. The van der Waals surface area contributed by atoms with Gasteiger partial charge in [0.25, 0.3) is 0 Å². The largest absolute Gasteiger partial charge is 0.0654 e. The van der Waals surface area contributed by atoms with Gasteiger partial charge in [-0.05, 0) is 5.92 Å². The van der Waals surface area contributed by atoms with Gasteiger partial charge in [-0.25, -0.2) is 0 Å². The first-order valence-corrected chi connectivity index (χ1v) is 15.1. The summed E-state index contributed by atoms with van der Waals surface area (Å²) in [7, 11) is 0. The molecule has 0 fully saturated rings. The molecule has 0 spiro atoms. The van der Waals surface area contributed by atoms with E-state index >= 15 is 0 Å². The van der Waals surface area contributed by atoms with E-state index in [1.807, 2.05) is 0 Å². The van der Waals surface area contributed by atoms with Crippen LogP contribution in [0.5, 0.6) is 0 Å². The molecule has 0 heterocycles. The Kier molecular flexibility index (Phi) is 28.0. The minimum atomic E-state index is 1.01. The summed E-state index contributed by atoms with van der Waals surface area (Å²) in [5.74, 6) is 1.01. The molecule has 0 saturated heterocycles. The van der Waals surface area contributed by atoms with Crippen molar-refractivity contribution in [1.29, 1.82) is 0 Å². The summed E-state index contributed by atoms with van der Waals surface area (Å²) in [4.78, 5) is 0. The van der Waals surface area contributed by atoms with Gasteiger partial charge in [-0.15, -0.1) is 0 Å². The predicted octanol–water partition coefficient (Wildman–Crippen LogP) is 12.0. The molecule has 0 aliphatic heterocycles. The summed E-state index contributed by atoms with van der Waals surface area (Å²) >= 11 is 0. The molecule has 0 aromatic rings. The van der Waals surface area contributed by atoms with E-state index in [9.17, 15) is 0 Å². The van der Waals surface area contributed by atoms with Crippen molar-refractivity contribution in [3.05, 3.63) is 6.92 Å². The molecule has 0 aromatic carbocycles. The van der Waals surface area contributed by atoms with Crippen molar-refractivity contribution in [2.24, 2.45) is 5.92 Å². The third-order valence-corrected chi connectivity index (χ3v) is 7.29. The third kappa shape index (κ3) is 26.1. The Labute approximate surface area is 200 Å². The molecule has 0 rings (SSSR count). The second-order valence-corrected chi connectivity index (χ2v) is 10.5. The molecule has 0 aromatic heterocycles. The smallest absolute Gasteiger partial charge is 0.0414 e. The predicted molar refractivity (Wildman–Crippen MR) is 145 cm³/mol. The van der Waals surface area contributed by atoms with Crippen molar-refractivity contribution in [3.63, 3.8) is 0 Å². The molecule has 0 amide bonds. The molecule has 31 heavy (non-hydrogen) atoms. The topological polar surface area (TPSA) is 0 Å². The van der Waals surface area contributed by atoms with E-state index in [0.717, 1.165) is 12.3 Å². The average Bonchev–Trinajstić information content (AvgIpc) is 2.78. The van der Waals surface area contributed by atoms with Crippen LogP contribution in [-0.4, -0.2) is 0 Å². The Morgan fingerprint density at radius 2 is 0.613 bits per heavy atom. The zero-order valence-electron chi connectivity index (χ0n) is 22.4. The van der Waals surface area contributed by atoms with Gasteiger partial charge >= 0.3 is 0 Å². The molecule has 0 nitrogen and oxygen atoms in total. The van der Waals surface area contributed by atoms with Crippen LogP contribution in [0.4, 0.5) is 0 Å². The van der Waals surface area contributed by atoms with Crippen molar-refractivity contribution >= 4 is 0 Å². The molecule has 1 atom stereocenters. The normalized spacial score (nSPS) is 12.5. The highest BCUT2D eigenvalue weighted by molar-refractivity contribution is 4.62. The highest BCUT2D eigenvalue weighted by Gasteiger charge is 2.08. The highest BCUT2D eigenvalue weighted by Crippen LogP contribution is 2.24. The van der Waals surface area contributed by atoms with Gasteiger partial charge in [-0.2, -0.15) is 0 Å². The Hall–Kier alpha value is 0. The van der Waals surface area contributed by atoms with Crippen LogP contribution >= 0.6 is 0 Å². The van der Waals surface area contributed by atoms with Crippen molar-refractivity contribution in [1.82, 2.24) is 0 Å². The zero-order chi connectivity index (χ0) is 22.7. The van der Waals surface area contributed by atoms with Crippen LogP contribution in [-0.2, 0) is 0 Å². The maximum Gasteiger partial charge on any atom is -0.0414 e. The minimum absolute atomic E-state index is 1.01. The third-order valence-electron chi connectivity index (χ3n) is 7.29. The number of hydrogen-bond donors (Lipinski definition) is 0. The minimum Gasteiger partial charge on any atom is -0.0654 e. The van der Waals surface area contributed by atoms with Crippen molar-refractivity contribution in [2.45, 2.75) is 187 Å². The average molecular weight is 436 g/mol. The van der Waals surface area contributed by atoms with Gasteiger partial charge < -0.3 is 0 Å². The molecule has 0 heteroatoms. The van der Waals surface area contributed by atoms with Crippen LogP contribution in [0.15, 0.2) is 0 Å². The van der Waals surface area contributed by atoms with Gasteiger partial charge in [-0.1, -0.05) is 194 Å². The zero-order valence-corrected chi connectivity index (χ0v) is 22.4. The summed E-state index contributed by atoms with van der Waals surface area (Å²) in [6.07, 6.45) is 39.2. The van der Waals surface area contributed by atoms with E-state index in [0.29, 0.717) is 0 Å². The SMILES string of the molecule is [CH2]CCCCC(CCCCCCCCCCCC)CCCCCCCCCCCCC. The van der Waals surface area contributed by atoms with Crippen LogP contribution in [0.1, 0.15) is 187 Å². The van der Waals surface area contributed by atoms with Crippen molar-refractivity contribution in [3.8, 4) is 0 Å². The lowest BCUT2D eigenvalue weighted by atomic mass is 9.89. The highest BCUT2D eigenvalue weighted by atomic mass is 14.1. The Bertz CT molecular complexity index is 294. The summed E-state index contributed by atoms with van der Waals surface area (Å²) in [5.41, 5.74) is 0. The summed E-state index contributed by atoms with van der Waals surface area (Å²) in [6.45, 7) is 8.66. The van der Waals surface area contributed by atoms with Gasteiger partial charge in [0, 0.05) is 0 Å². The van der Waals surface area contributed by atoms with Gasteiger partial charge in [0.05, 0.1) is 0 Å². The molecule has 0 N–H and O–H groups in total. The van der Waals surface area contributed by atoms with E-state index in [1.54, 1.807) is 0 Å². The van der Waals surface area contributed by atoms with Crippen LogP contribution in [0.2, 0.25) is 0 Å². The molecule has 187 valence electrons. The molecule has 0 bridgehead atoms. The monoisotopic (exact) mass is 435 g/mol. The molecule has 1 unspecified atom stereocenters. The summed E-state index contributed by atoms with van der Waals surface area (Å²) in [6, 6.07) is 0. The van der Waals surface area contributed by atoms with Crippen LogP contribution in [0, 0.1) is 12.8 Å². The fourth-order valence-corrected chi connectivity index (χ4v) is 5.06.